The van der Waals surface area contributed by atoms with E-state index < -0.39 is 0 Å². The Morgan fingerprint density at radius 3 is 2.77 bits per heavy atom. The van der Waals surface area contributed by atoms with Gasteiger partial charge in [-0.1, -0.05) is 37.8 Å². The first-order valence-corrected chi connectivity index (χ1v) is 10.6. The van der Waals surface area contributed by atoms with Crippen molar-refractivity contribution in [1.29, 1.82) is 0 Å². The van der Waals surface area contributed by atoms with Crippen LogP contribution < -0.4 is 5.32 Å². The molecule has 1 aromatic rings. The Hall–Kier alpha value is -1.55. The molecule has 2 amide bonds. The van der Waals surface area contributed by atoms with Crippen LogP contribution in [0.15, 0.2) is 24.3 Å². The molecule has 0 radical (unpaired) electrons. The van der Waals surface area contributed by atoms with Gasteiger partial charge in [0.1, 0.15) is 0 Å². The van der Waals surface area contributed by atoms with Gasteiger partial charge < -0.3 is 15.0 Å². The van der Waals surface area contributed by atoms with Crippen LogP contribution >= 0.6 is 0 Å². The smallest absolute Gasteiger partial charge is 0.322 e. The maximum absolute atomic E-state index is 12.8. The topological polar surface area (TPSA) is 41.6 Å². The molecule has 1 heterocycles. The number of urea groups is 1. The van der Waals surface area contributed by atoms with E-state index in [0.717, 1.165) is 30.1 Å². The van der Waals surface area contributed by atoms with Crippen molar-refractivity contribution in [2.45, 2.75) is 83.0 Å². The lowest BCUT2D eigenvalue weighted by Gasteiger charge is -2.37. The fourth-order valence-corrected chi connectivity index (χ4v) is 5.09. The zero-order chi connectivity index (χ0) is 17.8. The summed E-state index contributed by atoms with van der Waals surface area (Å²) < 4.78 is 6.08. The van der Waals surface area contributed by atoms with Gasteiger partial charge in [-0.25, -0.2) is 4.79 Å². The minimum atomic E-state index is 0.0759. The van der Waals surface area contributed by atoms with Crippen LogP contribution in [-0.4, -0.2) is 29.6 Å². The second-order valence-corrected chi connectivity index (χ2v) is 8.30. The molecular weight excluding hydrogens is 324 g/mol. The highest BCUT2D eigenvalue weighted by atomic mass is 16.5. The van der Waals surface area contributed by atoms with E-state index in [9.17, 15) is 4.79 Å². The Kier molecular flexibility index (Phi) is 5.78. The monoisotopic (exact) mass is 356 g/mol. The van der Waals surface area contributed by atoms with Gasteiger partial charge >= 0.3 is 6.03 Å². The number of likely N-dealkylation sites (tertiary alicyclic amines) is 1. The third kappa shape index (κ3) is 4.22. The van der Waals surface area contributed by atoms with Gasteiger partial charge in [0.15, 0.2) is 0 Å². The minimum Gasteiger partial charge on any atom is -0.374 e. The van der Waals surface area contributed by atoms with E-state index >= 15 is 0 Å². The number of ether oxygens (including phenoxy) is 1. The number of piperidine rings is 1. The molecule has 3 aliphatic rings. The molecule has 2 atom stereocenters. The van der Waals surface area contributed by atoms with Crippen LogP contribution in [0.1, 0.15) is 69.8 Å². The van der Waals surface area contributed by atoms with E-state index in [1.165, 1.54) is 57.8 Å². The first-order valence-electron chi connectivity index (χ1n) is 10.6. The van der Waals surface area contributed by atoms with Crippen molar-refractivity contribution in [1.82, 2.24) is 4.90 Å². The second kappa shape index (κ2) is 8.43. The summed E-state index contributed by atoms with van der Waals surface area (Å²) >= 11 is 0. The molecule has 142 valence electrons. The molecule has 4 heteroatoms. The van der Waals surface area contributed by atoms with Gasteiger partial charge in [-0.15, -0.1) is 0 Å². The molecule has 4 nitrogen and oxygen atoms in total. The standard InChI is InChI=1S/C22H32N2O2/c25-22(24-14-6-9-18-8-5-13-21(18)24)23-19-10-4-7-17(15-19)16-26-20-11-2-1-3-12-20/h4,7,10,15,18,20-21H,1-3,5-6,8-9,11-14,16H2,(H,23,25)/t18-,21+/m1/s1. The van der Waals surface area contributed by atoms with E-state index in [2.05, 4.69) is 22.3 Å². The number of anilines is 1. The quantitative estimate of drug-likeness (QED) is 0.792. The second-order valence-electron chi connectivity index (χ2n) is 8.30. The fraction of sp³-hybridized carbons (Fsp3) is 0.682. The third-order valence-corrected chi connectivity index (χ3v) is 6.47. The number of nitrogens with zero attached hydrogens (tertiary/aromatic N) is 1. The van der Waals surface area contributed by atoms with Crippen LogP contribution in [0.2, 0.25) is 0 Å². The molecule has 1 aromatic carbocycles. The van der Waals surface area contributed by atoms with Crippen LogP contribution in [0.4, 0.5) is 10.5 Å². The molecule has 26 heavy (non-hydrogen) atoms. The summed E-state index contributed by atoms with van der Waals surface area (Å²) in [7, 11) is 0. The van der Waals surface area contributed by atoms with Gasteiger partial charge in [0, 0.05) is 18.3 Å². The highest BCUT2D eigenvalue weighted by molar-refractivity contribution is 5.89. The SMILES string of the molecule is O=C(Nc1cccc(COC2CCCCC2)c1)N1CCC[C@H]2CCC[C@@H]21. The van der Waals surface area contributed by atoms with Crippen molar-refractivity contribution in [3.8, 4) is 0 Å². The Bertz CT molecular complexity index is 612. The predicted molar refractivity (Wildman–Crippen MR) is 104 cm³/mol. The summed E-state index contributed by atoms with van der Waals surface area (Å²) in [6.45, 7) is 1.54. The molecule has 0 spiro atoms. The Labute approximate surface area is 157 Å². The number of fused-ring (bicyclic) bond motifs is 1. The van der Waals surface area contributed by atoms with Crippen LogP contribution in [-0.2, 0) is 11.3 Å². The van der Waals surface area contributed by atoms with E-state index in [4.69, 9.17) is 4.74 Å². The molecule has 1 saturated heterocycles. The number of benzene rings is 1. The van der Waals surface area contributed by atoms with Crippen molar-refractivity contribution < 1.29 is 9.53 Å². The molecule has 1 aliphatic heterocycles. The Morgan fingerprint density at radius 1 is 1.04 bits per heavy atom. The summed E-state index contributed by atoms with van der Waals surface area (Å²) in [6, 6.07) is 8.69. The zero-order valence-electron chi connectivity index (χ0n) is 15.8. The first kappa shape index (κ1) is 17.8. The van der Waals surface area contributed by atoms with Crippen molar-refractivity contribution in [2.75, 3.05) is 11.9 Å². The summed E-state index contributed by atoms with van der Waals surface area (Å²) in [6.07, 6.45) is 12.9. The lowest BCUT2D eigenvalue weighted by atomic mass is 9.92. The zero-order valence-corrected chi connectivity index (χ0v) is 15.8. The summed E-state index contributed by atoms with van der Waals surface area (Å²) in [5.74, 6) is 0.727. The van der Waals surface area contributed by atoms with Gasteiger partial charge in [0.2, 0.25) is 0 Å². The third-order valence-electron chi connectivity index (χ3n) is 6.47. The van der Waals surface area contributed by atoms with Crippen molar-refractivity contribution in [2.24, 2.45) is 5.92 Å². The Balaban J connectivity index is 1.33. The summed E-state index contributed by atoms with van der Waals surface area (Å²) in [5.41, 5.74) is 2.03. The molecule has 2 saturated carbocycles. The first-order chi connectivity index (χ1) is 12.8. The van der Waals surface area contributed by atoms with Crippen LogP contribution in [0.3, 0.4) is 0 Å². The lowest BCUT2D eigenvalue weighted by Crippen LogP contribution is -2.48. The molecular formula is C22H32N2O2. The molecule has 1 N–H and O–H groups in total. The van der Waals surface area contributed by atoms with Crippen molar-refractivity contribution in [3.63, 3.8) is 0 Å². The number of carbonyl (C=O) groups excluding carboxylic acids is 1. The van der Waals surface area contributed by atoms with Crippen LogP contribution in [0.25, 0.3) is 0 Å². The largest absolute Gasteiger partial charge is 0.374 e. The van der Waals surface area contributed by atoms with Gasteiger partial charge in [-0.05, 0) is 62.1 Å². The minimum absolute atomic E-state index is 0.0759. The number of carbonyl (C=O) groups is 1. The average molecular weight is 357 g/mol. The van der Waals surface area contributed by atoms with Gasteiger partial charge in [-0.2, -0.15) is 0 Å². The summed E-state index contributed by atoms with van der Waals surface area (Å²) in [4.78, 5) is 14.9. The number of hydrogen-bond donors (Lipinski definition) is 1. The van der Waals surface area contributed by atoms with E-state index in [-0.39, 0.29) is 6.03 Å². The number of hydrogen-bond acceptors (Lipinski definition) is 2. The van der Waals surface area contributed by atoms with Crippen LogP contribution in [0.5, 0.6) is 0 Å². The van der Waals surface area contributed by atoms with E-state index in [0.29, 0.717) is 18.8 Å². The normalized spacial score (nSPS) is 26.5. The number of amides is 2. The highest BCUT2D eigenvalue weighted by Gasteiger charge is 2.37. The van der Waals surface area contributed by atoms with Crippen LogP contribution in [0, 0.1) is 5.92 Å². The van der Waals surface area contributed by atoms with E-state index in [1.807, 2.05) is 12.1 Å². The number of nitrogens with one attached hydrogen (secondary N) is 1. The summed E-state index contributed by atoms with van der Waals surface area (Å²) in [5, 5.41) is 3.13. The number of rotatable bonds is 4. The molecule has 0 bridgehead atoms. The lowest BCUT2D eigenvalue weighted by molar-refractivity contribution is 0.0169. The Morgan fingerprint density at radius 2 is 1.88 bits per heavy atom. The molecule has 0 aromatic heterocycles. The maximum atomic E-state index is 12.8. The van der Waals surface area contributed by atoms with Crippen molar-refractivity contribution in [3.05, 3.63) is 29.8 Å². The molecule has 2 aliphatic carbocycles. The molecule has 3 fully saturated rings. The van der Waals surface area contributed by atoms with Gasteiger partial charge in [0.25, 0.3) is 0 Å². The molecule has 0 unspecified atom stereocenters. The fourth-order valence-electron chi connectivity index (χ4n) is 5.09. The average Bonchev–Trinajstić information content (AvgIpc) is 3.16. The molecule has 4 rings (SSSR count). The predicted octanol–water partition coefficient (Wildman–Crippen LogP) is 5.33. The highest BCUT2D eigenvalue weighted by Crippen LogP contribution is 2.37. The van der Waals surface area contributed by atoms with Gasteiger partial charge in [0.05, 0.1) is 12.7 Å². The maximum Gasteiger partial charge on any atom is 0.322 e. The van der Waals surface area contributed by atoms with Gasteiger partial charge in [-0.3, -0.25) is 0 Å². The van der Waals surface area contributed by atoms with Crippen molar-refractivity contribution >= 4 is 11.7 Å². The van der Waals surface area contributed by atoms with E-state index in [1.54, 1.807) is 0 Å².